The Bertz CT molecular complexity index is 398. The topological polar surface area (TPSA) is 37.3 Å². The molecule has 1 aliphatic rings. The molecule has 16 heavy (non-hydrogen) atoms. The number of hydrogen-bond acceptors (Lipinski definition) is 3. The molecule has 0 amide bonds. The van der Waals surface area contributed by atoms with E-state index in [1.54, 1.807) is 17.8 Å². The summed E-state index contributed by atoms with van der Waals surface area (Å²) in [5.74, 6) is 0.928. The number of thioether (sulfide) groups is 1. The van der Waals surface area contributed by atoms with E-state index >= 15 is 0 Å². The Morgan fingerprint density at radius 1 is 1.31 bits per heavy atom. The summed E-state index contributed by atoms with van der Waals surface area (Å²) in [5.41, 5.74) is 1.21. The second-order valence-corrected chi connectivity index (χ2v) is 4.89. The molecule has 0 radical (unpaired) electrons. The van der Waals surface area contributed by atoms with Gasteiger partial charge in [-0.1, -0.05) is 30.3 Å². The van der Waals surface area contributed by atoms with Crippen molar-refractivity contribution in [1.82, 2.24) is 0 Å². The van der Waals surface area contributed by atoms with Crippen molar-refractivity contribution in [1.29, 1.82) is 0 Å². The van der Waals surface area contributed by atoms with E-state index in [9.17, 15) is 9.90 Å². The highest BCUT2D eigenvalue weighted by Gasteiger charge is 2.19. The van der Waals surface area contributed by atoms with Crippen molar-refractivity contribution < 1.29 is 9.90 Å². The van der Waals surface area contributed by atoms with Gasteiger partial charge in [0.1, 0.15) is 0 Å². The largest absolute Gasteiger partial charge is 0.388 e. The number of ketones is 1. The second kappa shape index (κ2) is 5.32. The van der Waals surface area contributed by atoms with Crippen LogP contribution in [-0.4, -0.2) is 17.0 Å². The number of carbonyl (C=O) groups excluding carboxylic acids is 1. The molecule has 0 unspecified atom stereocenters. The molecule has 2 rings (SSSR count). The Morgan fingerprint density at radius 3 is 2.81 bits per heavy atom. The molecule has 0 saturated carbocycles. The monoisotopic (exact) mass is 234 g/mol. The Balaban J connectivity index is 1.97. The van der Waals surface area contributed by atoms with Crippen molar-refractivity contribution in [3.8, 4) is 0 Å². The van der Waals surface area contributed by atoms with Gasteiger partial charge in [-0.15, -0.1) is 11.8 Å². The summed E-state index contributed by atoms with van der Waals surface area (Å²) < 4.78 is 0. The Labute approximate surface area is 99.4 Å². The highest BCUT2D eigenvalue weighted by atomic mass is 32.2. The molecule has 1 aliphatic carbocycles. The smallest absolute Gasteiger partial charge is 0.156 e. The second-order valence-electron chi connectivity index (χ2n) is 3.84. The Hall–Kier alpha value is -1.06. The lowest BCUT2D eigenvalue weighted by molar-refractivity contribution is -0.115. The zero-order valence-corrected chi connectivity index (χ0v) is 9.74. The molecule has 2 nitrogen and oxygen atoms in total. The molecule has 1 N–H and O–H groups in total. The van der Waals surface area contributed by atoms with Crippen molar-refractivity contribution >= 4 is 17.5 Å². The number of carbonyl (C=O) groups is 1. The molecule has 0 aromatic heterocycles. The molecule has 84 valence electrons. The van der Waals surface area contributed by atoms with Gasteiger partial charge in [-0.05, 0) is 18.1 Å². The first-order chi connectivity index (χ1) is 7.75. The number of aliphatic hydroxyl groups is 1. The fraction of sp³-hybridized carbons (Fsp3) is 0.308. The van der Waals surface area contributed by atoms with Crippen LogP contribution in [0.5, 0.6) is 0 Å². The lowest BCUT2D eigenvalue weighted by Gasteiger charge is -2.17. The van der Waals surface area contributed by atoms with Gasteiger partial charge in [-0.25, -0.2) is 0 Å². The van der Waals surface area contributed by atoms with Gasteiger partial charge in [-0.2, -0.15) is 0 Å². The third-order valence-electron chi connectivity index (χ3n) is 2.54. The summed E-state index contributed by atoms with van der Waals surface area (Å²) in [6.07, 6.45) is 2.16. The molecular weight excluding hydrogens is 220 g/mol. The third kappa shape index (κ3) is 2.97. The molecule has 0 heterocycles. The van der Waals surface area contributed by atoms with Crippen LogP contribution < -0.4 is 0 Å². The first-order valence-electron chi connectivity index (χ1n) is 5.35. The number of allylic oxidation sites excluding steroid dienone is 1. The van der Waals surface area contributed by atoms with E-state index in [2.05, 4.69) is 0 Å². The SMILES string of the molecule is O=C1C=C(SCc2ccccc2)[C@@H](O)CC1. The third-order valence-corrected chi connectivity index (χ3v) is 3.75. The molecule has 0 saturated heterocycles. The lowest BCUT2D eigenvalue weighted by Crippen LogP contribution is -2.16. The molecule has 0 aliphatic heterocycles. The van der Waals surface area contributed by atoms with Crippen LogP contribution in [0.4, 0.5) is 0 Å². The van der Waals surface area contributed by atoms with Crippen molar-refractivity contribution in [3.05, 3.63) is 46.9 Å². The van der Waals surface area contributed by atoms with Crippen LogP contribution in [0.15, 0.2) is 41.3 Å². The fourth-order valence-corrected chi connectivity index (χ4v) is 2.68. The van der Waals surface area contributed by atoms with E-state index in [4.69, 9.17) is 0 Å². The van der Waals surface area contributed by atoms with Gasteiger partial charge in [0.15, 0.2) is 5.78 Å². The van der Waals surface area contributed by atoms with Crippen LogP contribution in [0.1, 0.15) is 18.4 Å². The predicted molar refractivity (Wildman–Crippen MR) is 66.1 cm³/mol. The molecule has 1 atom stereocenters. The van der Waals surface area contributed by atoms with Crippen molar-refractivity contribution in [2.75, 3.05) is 0 Å². The standard InChI is InChI=1S/C13H14O2S/c14-11-6-7-12(15)13(8-11)16-9-10-4-2-1-3-5-10/h1-5,8,12,15H,6-7,9H2/t12-/m0/s1. The molecule has 0 fully saturated rings. The summed E-state index contributed by atoms with van der Waals surface area (Å²) >= 11 is 1.55. The molecule has 0 bridgehead atoms. The van der Waals surface area contributed by atoms with Crippen LogP contribution in [0.2, 0.25) is 0 Å². The minimum atomic E-state index is -0.452. The highest BCUT2D eigenvalue weighted by molar-refractivity contribution is 8.02. The fourth-order valence-electron chi connectivity index (χ4n) is 1.63. The molecule has 1 aromatic rings. The van der Waals surface area contributed by atoms with Crippen molar-refractivity contribution in [2.24, 2.45) is 0 Å². The van der Waals surface area contributed by atoms with E-state index in [0.29, 0.717) is 12.8 Å². The molecule has 1 aromatic carbocycles. The number of hydrogen-bond donors (Lipinski definition) is 1. The molecule has 0 spiro atoms. The first-order valence-corrected chi connectivity index (χ1v) is 6.33. The summed E-state index contributed by atoms with van der Waals surface area (Å²) in [5, 5.41) is 9.72. The van der Waals surface area contributed by atoms with Crippen LogP contribution in [0, 0.1) is 0 Å². The van der Waals surface area contributed by atoms with Crippen LogP contribution in [0.3, 0.4) is 0 Å². The van der Waals surface area contributed by atoms with Crippen LogP contribution in [0.25, 0.3) is 0 Å². The molecular formula is C13H14O2S. The van der Waals surface area contributed by atoms with Crippen molar-refractivity contribution in [3.63, 3.8) is 0 Å². The average molecular weight is 234 g/mol. The van der Waals surface area contributed by atoms with Gasteiger partial charge in [0.25, 0.3) is 0 Å². The zero-order valence-electron chi connectivity index (χ0n) is 8.93. The van der Waals surface area contributed by atoms with E-state index < -0.39 is 6.10 Å². The average Bonchev–Trinajstić information content (AvgIpc) is 2.32. The maximum Gasteiger partial charge on any atom is 0.156 e. The van der Waals surface area contributed by atoms with E-state index in [1.165, 1.54) is 5.56 Å². The maximum absolute atomic E-state index is 11.2. The number of benzene rings is 1. The summed E-state index contributed by atoms with van der Waals surface area (Å²) in [6.45, 7) is 0. The predicted octanol–water partition coefficient (Wildman–Crippen LogP) is 2.53. The summed E-state index contributed by atoms with van der Waals surface area (Å²) in [6, 6.07) is 10.1. The Kier molecular flexibility index (Phi) is 3.80. The quantitative estimate of drug-likeness (QED) is 0.873. The van der Waals surface area contributed by atoms with E-state index in [-0.39, 0.29) is 5.78 Å². The van der Waals surface area contributed by atoms with Gasteiger partial charge in [0, 0.05) is 17.1 Å². The summed E-state index contributed by atoms with van der Waals surface area (Å²) in [4.78, 5) is 12.0. The van der Waals surface area contributed by atoms with Crippen LogP contribution >= 0.6 is 11.8 Å². The zero-order chi connectivity index (χ0) is 11.4. The lowest BCUT2D eigenvalue weighted by atomic mass is 10.0. The minimum absolute atomic E-state index is 0.126. The molecule has 3 heteroatoms. The van der Waals surface area contributed by atoms with Gasteiger partial charge in [-0.3, -0.25) is 4.79 Å². The first kappa shape index (κ1) is 11.4. The van der Waals surface area contributed by atoms with E-state index in [0.717, 1.165) is 10.7 Å². The van der Waals surface area contributed by atoms with Gasteiger partial charge >= 0.3 is 0 Å². The normalized spacial score (nSPS) is 20.7. The van der Waals surface area contributed by atoms with Crippen LogP contribution in [-0.2, 0) is 10.5 Å². The van der Waals surface area contributed by atoms with E-state index in [1.807, 2.05) is 30.3 Å². The van der Waals surface area contributed by atoms with Gasteiger partial charge in [0.2, 0.25) is 0 Å². The summed E-state index contributed by atoms with van der Waals surface area (Å²) in [7, 11) is 0. The van der Waals surface area contributed by atoms with Crippen molar-refractivity contribution in [2.45, 2.75) is 24.7 Å². The highest BCUT2D eigenvalue weighted by Crippen LogP contribution is 2.29. The number of rotatable bonds is 3. The van der Waals surface area contributed by atoms with Gasteiger partial charge < -0.3 is 5.11 Å². The Morgan fingerprint density at radius 2 is 2.06 bits per heavy atom. The van der Waals surface area contributed by atoms with Gasteiger partial charge in [0.05, 0.1) is 6.10 Å². The number of aliphatic hydroxyl groups excluding tert-OH is 1. The minimum Gasteiger partial charge on any atom is -0.388 e. The maximum atomic E-state index is 11.2.